The van der Waals surface area contributed by atoms with E-state index in [1.165, 1.54) is 28.7 Å². The molecule has 0 radical (unpaired) electrons. The highest BCUT2D eigenvalue weighted by Crippen LogP contribution is 2.41. The molecule has 2 heterocycles. The maximum Gasteiger partial charge on any atom is 0.144 e. The summed E-state index contributed by atoms with van der Waals surface area (Å²) in [6.45, 7) is 3.81. The summed E-state index contributed by atoms with van der Waals surface area (Å²) < 4.78 is 27.8. The lowest BCUT2D eigenvalue weighted by Gasteiger charge is -2.03. The van der Waals surface area contributed by atoms with Crippen LogP contribution in [-0.4, -0.2) is 20.9 Å². The van der Waals surface area contributed by atoms with Crippen LogP contribution in [0.3, 0.4) is 0 Å². The molecule has 1 N–H and O–H groups in total. The van der Waals surface area contributed by atoms with Crippen LogP contribution in [0.4, 0.5) is 8.78 Å². The van der Waals surface area contributed by atoms with E-state index in [-0.39, 0.29) is 29.9 Å². The van der Waals surface area contributed by atoms with Gasteiger partial charge in [0.1, 0.15) is 33.9 Å². The Labute approximate surface area is 185 Å². The number of thiazole rings is 2. The van der Waals surface area contributed by atoms with Crippen molar-refractivity contribution >= 4 is 28.5 Å². The van der Waals surface area contributed by atoms with Crippen LogP contribution in [0.2, 0.25) is 0 Å². The lowest BCUT2D eigenvalue weighted by molar-refractivity contribution is -0.117. The minimum Gasteiger partial charge on any atom is -0.508 e. The van der Waals surface area contributed by atoms with Crippen LogP contribution < -0.4 is 0 Å². The molecule has 0 saturated heterocycles. The highest BCUT2D eigenvalue weighted by atomic mass is 32.1. The monoisotopic (exact) mass is 456 g/mol. The number of hydrogen-bond acceptors (Lipinski definition) is 6. The van der Waals surface area contributed by atoms with Gasteiger partial charge in [0, 0.05) is 12.0 Å². The number of phenols is 1. The third-order valence-corrected chi connectivity index (χ3v) is 6.87. The van der Waals surface area contributed by atoms with Crippen LogP contribution in [0.15, 0.2) is 42.5 Å². The zero-order valence-electron chi connectivity index (χ0n) is 16.8. The predicted octanol–water partition coefficient (Wildman–Crippen LogP) is 5.89. The standard InChI is InChI=1S/C23H18F2N2O2S2/c1-12-22(30-13(2)26-12)21-23(14-5-3-6-15(28)9-14)31-20(27-21)11-16(29)10-17-18(24)7-4-8-19(17)25/h3-9,28H,10-11H2,1-2H3. The Bertz CT molecular complexity index is 1260. The largest absolute Gasteiger partial charge is 0.508 e. The van der Waals surface area contributed by atoms with Crippen molar-refractivity contribution in [3.63, 3.8) is 0 Å². The second kappa shape index (κ2) is 8.64. The zero-order chi connectivity index (χ0) is 22.1. The number of hydrogen-bond donors (Lipinski definition) is 1. The molecular formula is C23H18F2N2O2S2. The van der Waals surface area contributed by atoms with E-state index in [2.05, 4.69) is 9.97 Å². The van der Waals surface area contributed by atoms with Crippen molar-refractivity contribution < 1.29 is 18.7 Å². The van der Waals surface area contributed by atoms with Gasteiger partial charge in [0.05, 0.1) is 26.9 Å². The molecular weight excluding hydrogens is 438 g/mol. The van der Waals surface area contributed by atoms with E-state index in [1.807, 2.05) is 19.9 Å². The lowest BCUT2D eigenvalue weighted by Crippen LogP contribution is -2.09. The average Bonchev–Trinajstić information content (AvgIpc) is 3.27. The van der Waals surface area contributed by atoms with Crippen molar-refractivity contribution in [2.45, 2.75) is 26.7 Å². The van der Waals surface area contributed by atoms with Gasteiger partial charge in [0.25, 0.3) is 0 Å². The molecule has 0 saturated carbocycles. The van der Waals surface area contributed by atoms with E-state index in [9.17, 15) is 18.7 Å². The Morgan fingerprint density at radius 3 is 2.32 bits per heavy atom. The molecule has 0 fully saturated rings. The van der Waals surface area contributed by atoms with E-state index in [4.69, 9.17) is 0 Å². The molecule has 0 aliphatic heterocycles. The molecule has 31 heavy (non-hydrogen) atoms. The fourth-order valence-corrected chi connectivity index (χ4v) is 5.39. The molecule has 0 unspecified atom stereocenters. The van der Waals surface area contributed by atoms with Crippen LogP contribution in [0.5, 0.6) is 5.75 Å². The number of rotatable bonds is 6. The van der Waals surface area contributed by atoms with Crippen LogP contribution >= 0.6 is 22.7 Å². The maximum absolute atomic E-state index is 13.9. The number of Topliss-reactive ketones (excluding diaryl/α,β-unsaturated/α-hetero) is 1. The normalized spacial score (nSPS) is 11.1. The first-order chi connectivity index (χ1) is 14.8. The summed E-state index contributed by atoms with van der Waals surface area (Å²) in [4.78, 5) is 23.4. The van der Waals surface area contributed by atoms with Crippen molar-refractivity contribution in [3.05, 3.63) is 75.4 Å². The fourth-order valence-electron chi connectivity index (χ4n) is 3.32. The number of benzene rings is 2. The Kier molecular flexibility index (Phi) is 5.93. The molecule has 2 aromatic carbocycles. The SMILES string of the molecule is Cc1nc(C)c(-c2nc(CC(=O)Cc3c(F)cccc3F)sc2-c2cccc(O)c2)s1. The number of carbonyl (C=O) groups excluding carboxylic acids is 1. The Morgan fingerprint density at radius 2 is 1.68 bits per heavy atom. The van der Waals surface area contributed by atoms with Crippen LogP contribution in [0.1, 0.15) is 21.3 Å². The van der Waals surface area contributed by atoms with Gasteiger partial charge in [-0.15, -0.1) is 22.7 Å². The van der Waals surface area contributed by atoms with Crippen molar-refractivity contribution in [3.8, 4) is 26.8 Å². The van der Waals surface area contributed by atoms with Crippen LogP contribution in [0.25, 0.3) is 21.0 Å². The third-order valence-electron chi connectivity index (χ3n) is 4.68. The lowest BCUT2D eigenvalue weighted by atomic mass is 10.1. The van der Waals surface area contributed by atoms with Crippen molar-refractivity contribution in [2.75, 3.05) is 0 Å². The third kappa shape index (κ3) is 4.55. The van der Waals surface area contributed by atoms with Gasteiger partial charge in [0.2, 0.25) is 0 Å². The molecule has 158 valence electrons. The number of aryl methyl sites for hydroxylation is 2. The van der Waals surface area contributed by atoms with Gasteiger partial charge in [-0.05, 0) is 43.7 Å². The smallest absolute Gasteiger partial charge is 0.144 e. The molecule has 0 bridgehead atoms. The number of halogens is 2. The first-order valence-corrected chi connectivity index (χ1v) is 11.1. The summed E-state index contributed by atoms with van der Waals surface area (Å²) in [5, 5.41) is 11.4. The van der Waals surface area contributed by atoms with E-state index in [1.54, 1.807) is 18.2 Å². The summed E-state index contributed by atoms with van der Waals surface area (Å²) >= 11 is 2.84. The minimum atomic E-state index is -0.732. The fraction of sp³-hybridized carbons (Fsp3) is 0.174. The van der Waals surface area contributed by atoms with E-state index in [0.29, 0.717) is 10.7 Å². The molecule has 0 aliphatic carbocycles. The molecule has 0 atom stereocenters. The van der Waals surface area contributed by atoms with Gasteiger partial charge in [-0.3, -0.25) is 4.79 Å². The molecule has 0 spiro atoms. The van der Waals surface area contributed by atoms with Gasteiger partial charge in [0.15, 0.2) is 0 Å². The Morgan fingerprint density at radius 1 is 0.968 bits per heavy atom. The highest BCUT2D eigenvalue weighted by Gasteiger charge is 2.21. The van der Waals surface area contributed by atoms with E-state index in [0.717, 1.165) is 38.2 Å². The number of carbonyl (C=O) groups is 1. The number of aromatic nitrogens is 2. The molecule has 4 rings (SSSR count). The average molecular weight is 457 g/mol. The summed E-state index contributed by atoms with van der Waals surface area (Å²) in [6, 6.07) is 10.4. The maximum atomic E-state index is 13.9. The summed E-state index contributed by atoms with van der Waals surface area (Å²) in [7, 11) is 0. The second-order valence-corrected chi connectivity index (χ2v) is 9.36. The molecule has 0 aliphatic rings. The number of nitrogens with zero attached hydrogens (tertiary/aromatic N) is 2. The molecule has 0 amide bonds. The van der Waals surface area contributed by atoms with Crippen molar-refractivity contribution in [1.29, 1.82) is 0 Å². The molecule has 8 heteroatoms. The van der Waals surface area contributed by atoms with Gasteiger partial charge in [-0.1, -0.05) is 18.2 Å². The van der Waals surface area contributed by atoms with Gasteiger partial charge in [-0.2, -0.15) is 0 Å². The second-order valence-electron chi connectivity index (χ2n) is 7.08. The quantitative estimate of drug-likeness (QED) is 0.393. The topological polar surface area (TPSA) is 63.1 Å². The molecule has 4 nitrogen and oxygen atoms in total. The Balaban J connectivity index is 1.70. The zero-order valence-corrected chi connectivity index (χ0v) is 18.4. The van der Waals surface area contributed by atoms with Crippen LogP contribution in [-0.2, 0) is 17.6 Å². The van der Waals surface area contributed by atoms with E-state index < -0.39 is 11.6 Å². The molecule has 4 aromatic rings. The van der Waals surface area contributed by atoms with Crippen molar-refractivity contribution in [2.24, 2.45) is 0 Å². The summed E-state index contributed by atoms with van der Waals surface area (Å²) in [6.07, 6.45) is -0.380. The molecule has 2 aromatic heterocycles. The van der Waals surface area contributed by atoms with Gasteiger partial charge >= 0.3 is 0 Å². The number of ketones is 1. The first-order valence-electron chi connectivity index (χ1n) is 9.50. The number of aromatic hydroxyl groups is 1. The minimum absolute atomic E-state index is 0.0406. The number of phenolic OH excluding ortho intramolecular Hbond substituents is 1. The summed E-state index contributed by atoms with van der Waals surface area (Å²) in [5.41, 5.74) is 2.07. The predicted molar refractivity (Wildman–Crippen MR) is 119 cm³/mol. The van der Waals surface area contributed by atoms with Gasteiger partial charge in [-0.25, -0.2) is 18.7 Å². The highest BCUT2D eigenvalue weighted by molar-refractivity contribution is 7.18. The van der Waals surface area contributed by atoms with E-state index >= 15 is 0 Å². The first kappa shape index (κ1) is 21.3. The summed E-state index contributed by atoms with van der Waals surface area (Å²) in [5.74, 6) is -1.67. The Hall–Kier alpha value is -2.97. The van der Waals surface area contributed by atoms with Crippen LogP contribution in [0, 0.1) is 25.5 Å². The van der Waals surface area contributed by atoms with Crippen molar-refractivity contribution in [1.82, 2.24) is 9.97 Å². The van der Waals surface area contributed by atoms with Gasteiger partial charge < -0.3 is 5.11 Å².